The van der Waals surface area contributed by atoms with E-state index >= 15 is 0 Å². The molecule has 1 aliphatic rings. The van der Waals surface area contributed by atoms with E-state index in [4.69, 9.17) is 27.2 Å². The molecule has 1 amide bonds. The predicted octanol–water partition coefficient (Wildman–Crippen LogP) is 4.92. The molecule has 1 fully saturated rings. The third-order valence-corrected chi connectivity index (χ3v) is 6.12. The Morgan fingerprint density at radius 1 is 1.11 bits per heavy atom. The summed E-state index contributed by atoms with van der Waals surface area (Å²) in [5.74, 6) is 0.839. The Hall–Kier alpha value is -3.98. The highest BCUT2D eigenvalue weighted by molar-refractivity contribution is 6.41. The minimum absolute atomic E-state index is 0.00817. The van der Waals surface area contributed by atoms with Crippen LogP contribution in [-0.2, 0) is 4.79 Å². The summed E-state index contributed by atoms with van der Waals surface area (Å²) in [7, 11) is 0. The molecule has 0 saturated carbocycles. The lowest BCUT2D eigenvalue weighted by Crippen LogP contribution is -2.41. The molecule has 1 aliphatic heterocycles. The SMILES string of the molecule is C=C(Cl)C(=O)N1CCCC(n2nc(-c3ccc(Oc4ccc(F)cc4)cc3)c3c(N)ncnc32)C1. The lowest BCUT2D eigenvalue weighted by molar-refractivity contribution is -0.128. The number of piperidine rings is 1. The summed E-state index contributed by atoms with van der Waals surface area (Å²) >= 11 is 5.85. The number of nitrogens with zero attached hydrogens (tertiary/aromatic N) is 5. The molecule has 0 spiro atoms. The van der Waals surface area contributed by atoms with Gasteiger partial charge in [-0.2, -0.15) is 5.10 Å². The first-order valence-electron chi connectivity index (χ1n) is 11.1. The van der Waals surface area contributed by atoms with Crippen LogP contribution < -0.4 is 10.5 Å². The van der Waals surface area contributed by atoms with Crippen LogP contribution in [-0.4, -0.2) is 43.6 Å². The number of carbonyl (C=O) groups excluding carboxylic acids is 1. The number of hydrogen-bond donors (Lipinski definition) is 1. The number of nitrogen functional groups attached to an aromatic ring is 1. The van der Waals surface area contributed by atoms with Crippen molar-refractivity contribution in [3.05, 3.63) is 72.3 Å². The van der Waals surface area contributed by atoms with Gasteiger partial charge in [0.15, 0.2) is 5.65 Å². The average molecular weight is 493 g/mol. The number of nitrogens with two attached hydrogens (primary N) is 1. The maximum Gasteiger partial charge on any atom is 0.264 e. The first-order valence-corrected chi connectivity index (χ1v) is 11.4. The van der Waals surface area contributed by atoms with Crippen molar-refractivity contribution in [1.82, 2.24) is 24.6 Å². The Kier molecular flexibility index (Phi) is 6.08. The van der Waals surface area contributed by atoms with E-state index in [0.29, 0.717) is 47.1 Å². The van der Waals surface area contributed by atoms with Gasteiger partial charge < -0.3 is 15.4 Å². The molecule has 3 heterocycles. The van der Waals surface area contributed by atoms with Crippen molar-refractivity contribution in [3.63, 3.8) is 0 Å². The first-order chi connectivity index (χ1) is 16.9. The molecule has 2 aromatic heterocycles. The van der Waals surface area contributed by atoms with Crippen molar-refractivity contribution in [2.75, 3.05) is 18.8 Å². The second-order valence-electron chi connectivity index (χ2n) is 8.28. The van der Waals surface area contributed by atoms with Crippen molar-refractivity contribution in [2.24, 2.45) is 0 Å². The smallest absolute Gasteiger partial charge is 0.264 e. The van der Waals surface area contributed by atoms with E-state index in [-0.39, 0.29) is 22.8 Å². The molecule has 4 aromatic rings. The monoisotopic (exact) mass is 492 g/mol. The van der Waals surface area contributed by atoms with Gasteiger partial charge in [0.2, 0.25) is 0 Å². The molecule has 8 nitrogen and oxygen atoms in total. The molecule has 1 atom stereocenters. The summed E-state index contributed by atoms with van der Waals surface area (Å²) in [6.07, 6.45) is 3.03. The van der Waals surface area contributed by atoms with Crippen molar-refractivity contribution in [2.45, 2.75) is 18.9 Å². The van der Waals surface area contributed by atoms with Gasteiger partial charge in [-0.15, -0.1) is 0 Å². The van der Waals surface area contributed by atoms with Gasteiger partial charge in [-0.25, -0.2) is 19.0 Å². The van der Waals surface area contributed by atoms with E-state index in [9.17, 15) is 9.18 Å². The Balaban J connectivity index is 1.48. The van der Waals surface area contributed by atoms with Gasteiger partial charge in [-0.3, -0.25) is 4.79 Å². The molecule has 35 heavy (non-hydrogen) atoms. The minimum atomic E-state index is -0.326. The number of benzene rings is 2. The van der Waals surface area contributed by atoms with Crippen molar-refractivity contribution >= 4 is 34.4 Å². The van der Waals surface area contributed by atoms with Gasteiger partial charge in [-0.1, -0.05) is 18.2 Å². The van der Waals surface area contributed by atoms with Crippen LogP contribution in [0.1, 0.15) is 18.9 Å². The third kappa shape index (κ3) is 4.54. The van der Waals surface area contributed by atoms with Crippen LogP contribution in [0.5, 0.6) is 11.5 Å². The molecule has 2 aromatic carbocycles. The Morgan fingerprint density at radius 3 is 2.49 bits per heavy atom. The van der Waals surface area contributed by atoms with Gasteiger partial charge in [0.05, 0.1) is 16.5 Å². The lowest BCUT2D eigenvalue weighted by Gasteiger charge is -2.32. The summed E-state index contributed by atoms with van der Waals surface area (Å²) in [6, 6.07) is 13.0. The van der Waals surface area contributed by atoms with Crippen molar-refractivity contribution < 1.29 is 13.9 Å². The summed E-state index contributed by atoms with van der Waals surface area (Å²) < 4.78 is 20.8. The van der Waals surface area contributed by atoms with Crippen molar-refractivity contribution in [1.29, 1.82) is 0 Å². The lowest BCUT2D eigenvalue weighted by atomic mass is 10.1. The first kappa shape index (κ1) is 22.8. The molecular formula is C25H22ClFN6O2. The predicted molar refractivity (Wildman–Crippen MR) is 131 cm³/mol. The molecule has 5 rings (SSSR count). The fraction of sp³-hybridized carbons (Fsp3) is 0.200. The maximum absolute atomic E-state index is 13.1. The zero-order valence-corrected chi connectivity index (χ0v) is 19.5. The summed E-state index contributed by atoms with van der Waals surface area (Å²) in [4.78, 5) is 22.7. The van der Waals surface area contributed by atoms with Gasteiger partial charge in [0.1, 0.15) is 35.2 Å². The molecule has 2 N–H and O–H groups in total. The summed E-state index contributed by atoms with van der Waals surface area (Å²) in [5, 5.41) is 5.50. The highest BCUT2D eigenvalue weighted by Gasteiger charge is 2.29. The van der Waals surface area contributed by atoms with Gasteiger partial charge in [-0.05, 0) is 61.4 Å². The van der Waals surface area contributed by atoms with Gasteiger partial charge in [0.25, 0.3) is 5.91 Å². The summed E-state index contributed by atoms with van der Waals surface area (Å²) in [5.41, 5.74) is 8.28. The zero-order valence-electron chi connectivity index (χ0n) is 18.7. The number of fused-ring (bicyclic) bond motifs is 1. The van der Waals surface area contributed by atoms with Crippen LogP contribution >= 0.6 is 11.6 Å². The second kappa shape index (κ2) is 9.34. The molecule has 1 unspecified atom stereocenters. The van der Waals surface area contributed by atoms with Crippen LogP contribution in [0.15, 0.2) is 66.5 Å². The Bertz CT molecular complexity index is 1400. The number of rotatable bonds is 5. The molecule has 0 bridgehead atoms. The standard InChI is InChI=1S/C25H22ClFN6O2/c1-15(26)25(34)32-12-2-3-18(13-32)33-24-21(23(28)29-14-30-24)22(31-33)16-4-8-19(9-5-16)35-20-10-6-17(27)7-11-20/h4-11,14,18H,1-3,12-13H2,(H2,28,29,30). The quantitative estimate of drug-likeness (QED) is 0.397. The minimum Gasteiger partial charge on any atom is -0.457 e. The largest absolute Gasteiger partial charge is 0.457 e. The van der Waals surface area contributed by atoms with Crippen LogP contribution in [0.3, 0.4) is 0 Å². The second-order valence-corrected chi connectivity index (χ2v) is 8.74. The number of carbonyl (C=O) groups is 1. The highest BCUT2D eigenvalue weighted by Crippen LogP contribution is 2.35. The van der Waals surface area contributed by atoms with Crippen molar-refractivity contribution in [3.8, 4) is 22.8 Å². The molecule has 0 radical (unpaired) electrons. The molecule has 0 aliphatic carbocycles. The zero-order chi connectivity index (χ0) is 24.5. The number of ether oxygens (including phenoxy) is 1. The van der Waals surface area contributed by atoms with Gasteiger partial charge >= 0.3 is 0 Å². The number of anilines is 1. The number of amides is 1. The van der Waals surface area contributed by atoms with E-state index in [2.05, 4.69) is 16.5 Å². The van der Waals surface area contributed by atoms with Gasteiger partial charge in [0, 0.05) is 18.7 Å². The fourth-order valence-corrected chi connectivity index (χ4v) is 4.40. The van der Waals surface area contributed by atoms with Crippen LogP contribution in [0.25, 0.3) is 22.3 Å². The van der Waals surface area contributed by atoms with E-state index in [1.807, 2.05) is 16.8 Å². The summed E-state index contributed by atoms with van der Waals surface area (Å²) in [6.45, 7) is 4.61. The van der Waals surface area contributed by atoms with E-state index < -0.39 is 0 Å². The molecule has 178 valence electrons. The van der Waals surface area contributed by atoms with Crippen LogP contribution in [0.2, 0.25) is 0 Å². The number of hydrogen-bond acceptors (Lipinski definition) is 6. The highest BCUT2D eigenvalue weighted by atomic mass is 35.5. The third-order valence-electron chi connectivity index (χ3n) is 5.96. The fourth-order valence-electron chi connectivity index (χ4n) is 4.28. The molecular weight excluding hydrogens is 471 g/mol. The Labute approximate surface area is 205 Å². The van der Waals surface area contributed by atoms with E-state index in [0.717, 1.165) is 18.4 Å². The van der Waals surface area contributed by atoms with E-state index in [1.165, 1.54) is 18.5 Å². The van der Waals surface area contributed by atoms with E-state index in [1.54, 1.807) is 29.2 Å². The molecule has 10 heteroatoms. The number of likely N-dealkylation sites (tertiary alicyclic amines) is 1. The number of aromatic nitrogens is 4. The van der Waals surface area contributed by atoms with Crippen LogP contribution in [0.4, 0.5) is 10.2 Å². The maximum atomic E-state index is 13.1. The normalized spacial score (nSPS) is 15.8. The average Bonchev–Trinajstić information content (AvgIpc) is 3.26. The van der Waals surface area contributed by atoms with Crippen LogP contribution in [0, 0.1) is 5.82 Å². The molecule has 1 saturated heterocycles. The number of halogens is 2. The Morgan fingerprint density at radius 2 is 1.80 bits per heavy atom. The topological polar surface area (TPSA) is 99.2 Å².